The Morgan fingerprint density at radius 1 is 0.731 bits per heavy atom. The first-order valence-corrected chi connectivity index (χ1v) is 11.7. The van der Waals surface area contributed by atoms with Crippen LogP contribution in [0.4, 0.5) is 0 Å². The lowest BCUT2D eigenvalue weighted by Gasteiger charge is -2.08. The Hall–Kier alpha value is -1.44. The van der Waals surface area contributed by atoms with E-state index in [0.29, 0.717) is 9.79 Å². The van der Waals surface area contributed by atoms with E-state index < -0.39 is 20.2 Å². The molecule has 142 valence electrons. The van der Waals surface area contributed by atoms with Gasteiger partial charge < -0.3 is 10.2 Å². The minimum atomic E-state index is -3.92. The van der Waals surface area contributed by atoms with Crippen molar-refractivity contribution >= 4 is 41.8 Å². The van der Waals surface area contributed by atoms with Crippen molar-refractivity contribution in [2.45, 2.75) is 19.6 Å². The highest BCUT2D eigenvalue weighted by molar-refractivity contribution is 8.76. The second-order valence-corrected chi connectivity index (χ2v) is 10.3. The van der Waals surface area contributed by atoms with Gasteiger partial charge >= 0.3 is 0 Å². The summed E-state index contributed by atoms with van der Waals surface area (Å²) in [7, 11) is -3.70. The molecule has 0 bridgehead atoms. The first kappa shape index (κ1) is 20.9. The summed E-state index contributed by atoms with van der Waals surface area (Å²) in [6.45, 7) is 0. The molecule has 0 atom stereocenters. The number of aromatic hydroxyl groups is 2. The smallest absolute Gasteiger partial charge is 0.296 e. The molecule has 0 aromatic heterocycles. The first-order chi connectivity index (χ1) is 12.1. The first-order valence-electron chi connectivity index (χ1n) is 6.72. The van der Waals surface area contributed by atoms with Crippen molar-refractivity contribution in [3.8, 4) is 11.5 Å². The topological polar surface area (TPSA) is 127 Å². The molecule has 8 nitrogen and oxygen atoms in total. The Morgan fingerprint density at radius 2 is 1.08 bits per heavy atom. The van der Waals surface area contributed by atoms with Gasteiger partial charge in [0.25, 0.3) is 20.2 Å². The summed E-state index contributed by atoms with van der Waals surface area (Å²) in [5.74, 6) is -0.558. The van der Waals surface area contributed by atoms with Crippen LogP contribution in [0.3, 0.4) is 0 Å². The Kier molecular flexibility index (Phi) is 6.47. The molecule has 2 rings (SSSR count). The fourth-order valence-corrected chi connectivity index (χ4v) is 5.19. The molecular weight excluding hydrogens is 424 g/mol. The predicted molar refractivity (Wildman–Crippen MR) is 96.3 cm³/mol. The molecular formula is C14H14O8S4. The second kappa shape index (κ2) is 8.06. The summed E-state index contributed by atoms with van der Waals surface area (Å²) >= 11 is 0. The molecule has 26 heavy (non-hydrogen) atoms. The summed E-state index contributed by atoms with van der Waals surface area (Å²) in [6, 6.07) is 7.43. The van der Waals surface area contributed by atoms with Gasteiger partial charge in [-0.3, -0.25) is 8.37 Å². The van der Waals surface area contributed by atoms with Crippen molar-refractivity contribution in [1.82, 2.24) is 0 Å². The zero-order valence-electron chi connectivity index (χ0n) is 13.4. The molecule has 0 fully saturated rings. The molecule has 0 radical (unpaired) electrons. The average Bonchev–Trinajstić information content (AvgIpc) is 2.61. The van der Waals surface area contributed by atoms with Crippen molar-refractivity contribution in [3.05, 3.63) is 36.4 Å². The van der Waals surface area contributed by atoms with E-state index in [-0.39, 0.29) is 21.3 Å². The van der Waals surface area contributed by atoms with E-state index >= 15 is 0 Å². The Labute approximate surface area is 158 Å². The summed E-state index contributed by atoms with van der Waals surface area (Å²) in [5, 5.41) is 19.9. The van der Waals surface area contributed by atoms with Gasteiger partial charge in [-0.15, -0.1) is 0 Å². The van der Waals surface area contributed by atoms with Crippen LogP contribution in [0.25, 0.3) is 0 Å². The van der Waals surface area contributed by atoms with Gasteiger partial charge in [-0.2, -0.15) is 16.8 Å². The summed E-state index contributed by atoms with van der Waals surface area (Å²) in [4.78, 5) is 0.309. The van der Waals surface area contributed by atoms with E-state index in [1.54, 1.807) is 0 Å². The van der Waals surface area contributed by atoms with E-state index in [2.05, 4.69) is 8.37 Å². The lowest BCUT2D eigenvalue weighted by molar-refractivity contribution is 0.395. The molecule has 12 heteroatoms. The number of hydrogen-bond donors (Lipinski definition) is 2. The highest BCUT2D eigenvalue weighted by Crippen LogP contribution is 2.45. The van der Waals surface area contributed by atoms with Crippen LogP contribution in [0, 0.1) is 0 Å². The van der Waals surface area contributed by atoms with E-state index in [1.807, 2.05) is 0 Å². The maximum Gasteiger partial charge on any atom is 0.296 e. The Morgan fingerprint density at radius 3 is 1.35 bits per heavy atom. The zero-order chi connectivity index (χ0) is 19.5. The zero-order valence-corrected chi connectivity index (χ0v) is 16.7. The fraction of sp³-hybridized carbons (Fsp3) is 0.143. The third-order valence-corrected chi connectivity index (χ3v) is 8.10. The molecule has 0 heterocycles. The molecule has 2 aromatic carbocycles. The molecule has 2 aromatic rings. The molecule has 0 unspecified atom stereocenters. The number of phenols is 2. The van der Waals surface area contributed by atoms with Gasteiger partial charge in [-0.25, -0.2) is 0 Å². The molecule has 2 N–H and O–H groups in total. The quantitative estimate of drug-likeness (QED) is 0.492. The van der Waals surface area contributed by atoms with Crippen LogP contribution in [0.2, 0.25) is 0 Å². The van der Waals surface area contributed by atoms with Crippen LogP contribution in [0.15, 0.2) is 56.0 Å². The number of rotatable bonds is 7. The minimum Gasteiger partial charge on any atom is -0.507 e. The molecule has 0 aliphatic carbocycles. The maximum absolute atomic E-state index is 11.6. The van der Waals surface area contributed by atoms with Gasteiger partial charge in [0.05, 0.1) is 33.8 Å². The summed E-state index contributed by atoms with van der Waals surface area (Å²) < 4.78 is 55.1. The molecule has 0 amide bonds. The standard InChI is InChI=1S/C14H14O8S4/c1-21-25(17,18)9-3-5-13(11(15)7-9)23-24-14-6-4-10(8-12(14)16)26(19,20)22-2/h3-8,15-16H,1-2H3. The largest absolute Gasteiger partial charge is 0.507 e. The van der Waals surface area contributed by atoms with Gasteiger partial charge in [0.15, 0.2) is 0 Å². The molecule has 0 saturated heterocycles. The van der Waals surface area contributed by atoms with Crippen molar-refractivity contribution in [3.63, 3.8) is 0 Å². The van der Waals surface area contributed by atoms with Crippen LogP contribution in [-0.2, 0) is 28.6 Å². The Bertz CT molecular complexity index is 932. The number of hydrogen-bond acceptors (Lipinski definition) is 10. The predicted octanol–water partition coefficient (Wildman–Crippen LogP) is 2.57. The van der Waals surface area contributed by atoms with Crippen molar-refractivity contribution in [1.29, 1.82) is 0 Å². The van der Waals surface area contributed by atoms with Gasteiger partial charge in [-0.05, 0) is 45.9 Å². The number of phenolic OH excluding ortho intramolecular Hbond substituents is 2. The van der Waals surface area contributed by atoms with E-state index in [4.69, 9.17) is 0 Å². The van der Waals surface area contributed by atoms with Crippen LogP contribution >= 0.6 is 21.6 Å². The Balaban J connectivity index is 2.19. The lowest BCUT2D eigenvalue weighted by atomic mass is 10.3. The van der Waals surface area contributed by atoms with E-state index in [9.17, 15) is 27.0 Å². The highest BCUT2D eigenvalue weighted by atomic mass is 33.1. The fourth-order valence-electron chi connectivity index (χ4n) is 1.73. The molecule has 0 saturated carbocycles. The van der Waals surface area contributed by atoms with E-state index in [1.165, 1.54) is 24.3 Å². The van der Waals surface area contributed by atoms with Gasteiger partial charge in [0.2, 0.25) is 0 Å². The number of benzene rings is 2. The maximum atomic E-state index is 11.6. The summed E-state index contributed by atoms with van der Waals surface area (Å²) in [5.41, 5.74) is 0. The van der Waals surface area contributed by atoms with Crippen LogP contribution in [0.1, 0.15) is 0 Å². The molecule has 0 aliphatic rings. The molecule has 0 aliphatic heterocycles. The van der Waals surface area contributed by atoms with Crippen LogP contribution in [0.5, 0.6) is 11.5 Å². The second-order valence-electron chi connectivity index (χ2n) is 4.67. The van der Waals surface area contributed by atoms with Crippen molar-refractivity contribution < 1.29 is 35.4 Å². The van der Waals surface area contributed by atoms with Crippen molar-refractivity contribution in [2.24, 2.45) is 0 Å². The van der Waals surface area contributed by atoms with E-state index in [0.717, 1.165) is 47.9 Å². The van der Waals surface area contributed by atoms with Crippen LogP contribution in [-0.4, -0.2) is 41.3 Å². The minimum absolute atomic E-state index is 0.191. The molecule has 0 spiro atoms. The third kappa shape index (κ3) is 4.64. The third-order valence-electron chi connectivity index (χ3n) is 3.10. The van der Waals surface area contributed by atoms with Crippen molar-refractivity contribution in [2.75, 3.05) is 14.2 Å². The highest BCUT2D eigenvalue weighted by Gasteiger charge is 2.18. The average molecular weight is 439 g/mol. The van der Waals surface area contributed by atoms with Gasteiger partial charge in [0.1, 0.15) is 11.5 Å². The SMILES string of the molecule is COS(=O)(=O)c1ccc(SSc2ccc(S(=O)(=O)OC)cc2O)c(O)c1. The monoisotopic (exact) mass is 438 g/mol. The summed E-state index contributed by atoms with van der Waals surface area (Å²) in [6.07, 6.45) is 0. The lowest BCUT2D eigenvalue weighted by Crippen LogP contribution is -2.02. The van der Waals surface area contributed by atoms with Crippen LogP contribution < -0.4 is 0 Å². The van der Waals surface area contributed by atoms with Gasteiger partial charge in [-0.1, -0.05) is 0 Å². The normalized spacial score (nSPS) is 12.2. The van der Waals surface area contributed by atoms with Gasteiger partial charge in [0, 0.05) is 12.1 Å².